The number of methoxy groups -OCH3 is 1. The molecule has 22 heteroatoms. The lowest BCUT2D eigenvalue weighted by molar-refractivity contribution is -0.167. The number of carboxylic acid groups (broad SMARTS) is 1. The number of carboxylic acids is 1. The second-order valence-corrected chi connectivity index (χ2v) is 18.6. The van der Waals surface area contributed by atoms with Gasteiger partial charge in [0.15, 0.2) is 18.2 Å². The molecule has 0 aromatic heterocycles. The van der Waals surface area contributed by atoms with Crippen LogP contribution in [0.4, 0.5) is 0 Å². The van der Waals surface area contributed by atoms with Crippen LogP contribution in [0.1, 0.15) is 95.1 Å². The average molecular weight is 1020 g/mol. The topological polar surface area (TPSA) is 297 Å². The minimum Gasteiger partial charge on any atom is -0.480 e. The molecule has 9 atom stereocenters. The minimum atomic E-state index is -1.83. The number of carbonyl (C=O) groups excluding carboxylic acids is 9. The third-order valence-corrected chi connectivity index (χ3v) is 12.1. The minimum absolute atomic E-state index is 0.0507. The van der Waals surface area contributed by atoms with Crippen molar-refractivity contribution in [3.63, 3.8) is 0 Å². The summed E-state index contributed by atoms with van der Waals surface area (Å²) in [6.45, 7) is 22.0. The molecule has 0 heterocycles. The van der Waals surface area contributed by atoms with Crippen molar-refractivity contribution in [2.45, 2.75) is 151 Å². The smallest absolute Gasteiger partial charge is 0.355 e. The fraction of sp³-hybridized carbons (Fsp3) is 0.600. The molecule has 0 unspecified atom stereocenters. The van der Waals surface area contributed by atoms with Gasteiger partial charge in [-0.2, -0.15) is 0 Å². The Hall–Kier alpha value is -6.68. The van der Waals surface area contributed by atoms with E-state index in [4.69, 9.17) is 14.2 Å². The molecule has 0 bridgehead atoms. The highest BCUT2D eigenvalue weighted by atomic mass is 16.6. The van der Waals surface area contributed by atoms with Gasteiger partial charge in [0.2, 0.25) is 29.5 Å². The van der Waals surface area contributed by atoms with Crippen molar-refractivity contribution in [2.75, 3.05) is 28.3 Å². The highest BCUT2D eigenvalue weighted by Crippen LogP contribution is 2.21. The third-order valence-electron chi connectivity index (χ3n) is 12.1. The summed E-state index contributed by atoms with van der Waals surface area (Å²) in [5, 5.41) is 30.9. The van der Waals surface area contributed by atoms with Gasteiger partial charge in [-0.15, -0.1) is 0 Å². The number of allylic oxidation sites excluding steroid dienone is 1. The number of hydrogen-bond donors (Lipinski definition) is 6. The predicted octanol–water partition coefficient (Wildman–Crippen LogP) is 1.44. The summed E-state index contributed by atoms with van der Waals surface area (Å²) < 4.78 is 16.8. The Morgan fingerprint density at radius 2 is 1.31 bits per heavy atom. The van der Waals surface area contributed by atoms with E-state index in [2.05, 4.69) is 27.8 Å². The van der Waals surface area contributed by atoms with Crippen molar-refractivity contribution in [2.24, 2.45) is 17.8 Å². The van der Waals surface area contributed by atoms with Crippen molar-refractivity contribution >= 4 is 59.3 Å². The Balaban J connectivity index is 3.54. The van der Waals surface area contributed by atoms with Crippen LogP contribution < -0.4 is 21.3 Å². The number of hydrogen-bond acceptors (Lipinski definition) is 14. The number of likely N-dealkylation sites (N-methyl/N-ethyl adjacent to an activating group) is 3. The highest BCUT2D eigenvalue weighted by molar-refractivity contribution is 6.02. The van der Waals surface area contributed by atoms with Crippen molar-refractivity contribution in [1.82, 2.24) is 36.0 Å². The van der Waals surface area contributed by atoms with E-state index in [1.807, 2.05) is 0 Å². The molecule has 0 saturated carbocycles. The first-order valence-electron chi connectivity index (χ1n) is 23.6. The first kappa shape index (κ1) is 63.3. The van der Waals surface area contributed by atoms with Gasteiger partial charge in [0.25, 0.3) is 11.8 Å². The maximum absolute atomic E-state index is 14.4. The van der Waals surface area contributed by atoms with Crippen LogP contribution in [0.3, 0.4) is 0 Å². The molecule has 1 aromatic rings. The molecule has 0 aliphatic heterocycles. The molecule has 1 aromatic carbocycles. The second-order valence-electron chi connectivity index (χ2n) is 18.6. The Morgan fingerprint density at radius 1 is 0.736 bits per heavy atom. The van der Waals surface area contributed by atoms with Gasteiger partial charge in [-0.05, 0) is 56.6 Å². The van der Waals surface area contributed by atoms with E-state index in [1.165, 1.54) is 55.8 Å². The fourth-order valence-electron chi connectivity index (χ4n) is 6.95. The summed E-state index contributed by atoms with van der Waals surface area (Å²) in [6, 6.07) is 0.725. The Bertz CT molecular complexity index is 2160. The number of aliphatic hydroxyl groups is 1. The molecule has 0 aliphatic carbocycles. The molecule has 0 spiro atoms. The molecular weight excluding hydrogens is 939 g/mol. The SMILES string of the molecule is C=C(C(=O)N[C@@H](C)C(=O)N(C)[C@@H](C)C(=O)N[C@H](C(=O)N(C)[C@H](C(=O)O)[C@@H](C)OC)[C@H](OC(=O)[C@@H](NC(=O)CC)[C@H](O)C(C)C)C(C)C)N(C)C(=O)[C@@H](Cc1ccccc1)OC(=O)/C(NC(C)=O)=C(\C)C(C)C. The largest absolute Gasteiger partial charge is 0.480 e. The number of ether oxygens (including phenoxy) is 3. The Labute approximate surface area is 422 Å². The summed E-state index contributed by atoms with van der Waals surface area (Å²) >= 11 is 0. The summed E-state index contributed by atoms with van der Waals surface area (Å²) in [6.07, 6.45) is -5.78. The van der Waals surface area contributed by atoms with Crippen LogP contribution >= 0.6 is 0 Å². The van der Waals surface area contributed by atoms with E-state index >= 15 is 0 Å². The molecule has 6 N–H and O–H groups in total. The quantitative estimate of drug-likeness (QED) is 0.0537. The van der Waals surface area contributed by atoms with Crippen molar-refractivity contribution in [3.8, 4) is 0 Å². The zero-order valence-electron chi connectivity index (χ0n) is 44.5. The summed E-state index contributed by atoms with van der Waals surface area (Å²) in [5.74, 6) is -11.0. The van der Waals surface area contributed by atoms with Crippen LogP contribution in [-0.4, -0.2) is 167 Å². The highest BCUT2D eigenvalue weighted by Gasteiger charge is 2.44. The maximum atomic E-state index is 14.4. The zero-order valence-corrected chi connectivity index (χ0v) is 44.5. The van der Waals surface area contributed by atoms with E-state index in [1.54, 1.807) is 78.8 Å². The van der Waals surface area contributed by atoms with Gasteiger partial charge in [0.1, 0.15) is 35.6 Å². The number of aliphatic hydroxyl groups excluding tert-OH is 1. The maximum Gasteiger partial charge on any atom is 0.355 e. The van der Waals surface area contributed by atoms with Gasteiger partial charge in [-0.25, -0.2) is 14.4 Å². The number of rotatable bonds is 27. The Morgan fingerprint density at radius 3 is 1.78 bits per heavy atom. The predicted molar refractivity (Wildman–Crippen MR) is 264 cm³/mol. The molecule has 0 aliphatic rings. The monoisotopic (exact) mass is 1020 g/mol. The number of amides is 7. The van der Waals surface area contributed by atoms with E-state index in [9.17, 15) is 58.2 Å². The molecule has 0 saturated heterocycles. The van der Waals surface area contributed by atoms with E-state index in [-0.39, 0.29) is 24.5 Å². The average Bonchev–Trinajstić information content (AvgIpc) is 3.32. The van der Waals surface area contributed by atoms with Crippen LogP contribution in [-0.2, 0) is 68.6 Å². The van der Waals surface area contributed by atoms with Crippen LogP contribution in [0, 0.1) is 17.8 Å². The Kier molecular flexibility index (Phi) is 25.5. The van der Waals surface area contributed by atoms with Gasteiger partial charge in [-0.3, -0.25) is 33.6 Å². The zero-order chi connectivity index (χ0) is 55.6. The number of aliphatic carboxylic acids is 1. The van der Waals surface area contributed by atoms with Gasteiger partial charge >= 0.3 is 17.9 Å². The number of benzene rings is 1. The molecule has 72 heavy (non-hydrogen) atoms. The molecule has 402 valence electrons. The van der Waals surface area contributed by atoms with E-state index < -0.39 is 131 Å². The number of nitrogens with one attached hydrogen (secondary N) is 4. The number of carbonyl (C=O) groups is 10. The molecule has 0 radical (unpaired) electrons. The summed E-state index contributed by atoms with van der Waals surface area (Å²) in [7, 11) is 4.82. The fourth-order valence-corrected chi connectivity index (χ4v) is 6.95. The lowest BCUT2D eigenvalue weighted by atomic mass is 9.95. The lowest BCUT2D eigenvalue weighted by Gasteiger charge is -2.37. The van der Waals surface area contributed by atoms with Gasteiger partial charge < -0.3 is 60.4 Å². The second kappa shape index (κ2) is 29.0. The van der Waals surface area contributed by atoms with E-state index in [0.717, 1.165) is 21.7 Å². The van der Waals surface area contributed by atoms with Crippen LogP contribution in [0.2, 0.25) is 0 Å². The van der Waals surface area contributed by atoms with Crippen LogP contribution in [0.25, 0.3) is 0 Å². The first-order chi connectivity index (χ1) is 33.4. The van der Waals surface area contributed by atoms with Crippen molar-refractivity contribution in [3.05, 3.63) is 59.4 Å². The molecule has 22 nitrogen and oxygen atoms in total. The summed E-state index contributed by atoms with van der Waals surface area (Å²) in [4.78, 5) is 137. The van der Waals surface area contributed by atoms with Crippen molar-refractivity contribution in [1.29, 1.82) is 0 Å². The molecule has 1 rings (SSSR count). The normalized spacial score (nSPS) is 15.4. The first-order valence-corrected chi connectivity index (χ1v) is 23.6. The third kappa shape index (κ3) is 17.9. The van der Waals surface area contributed by atoms with Crippen LogP contribution in [0.15, 0.2) is 53.9 Å². The molecule has 7 amide bonds. The standard InChI is InChI=1S/C50H77N7O15/c1-18-36(59)53-38(41(60)26(4)5)50(69)72-42(27(6)7)39(47(65)57(16)40(48(66)67)32(12)70-17)54-44(62)31(11)55(14)45(63)29(9)51-43(61)30(10)56(15)46(64)35(24-34-22-20-19-21-23-34)71-49(68)37(52-33(13)58)28(8)25(2)3/h19-23,25-27,29,31-32,35,38-42,60H,10,18,24H2,1-9,11-17H3,(H,51,61)(H,52,58)(H,53,59)(H,54,62)(H,66,67)/b37-28-/t29-,31-,32+,35+,38-,39-,40-,41+,42+/m0/s1. The summed E-state index contributed by atoms with van der Waals surface area (Å²) in [5.41, 5.74) is 0.481. The molecule has 0 fully saturated rings. The van der Waals surface area contributed by atoms with E-state index in [0.29, 0.717) is 11.1 Å². The van der Waals surface area contributed by atoms with Gasteiger partial charge in [0, 0.05) is 48.0 Å². The van der Waals surface area contributed by atoms with Crippen LogP contribution in [0.5, 0.6) is 0 Å². The number of nitrogens with zero attached hydrogens (tertiary/aromatic N) is 3. The molecular formula is C50H77N7O15. The van der Waals surface area contributed by atoms with Crippen molar-refractivity contribution < 1.29 is 72.4 Å². The van der Waals surface area contributed by atoms with Gasteiger partial charge in [0.05, 0.1) is 12.2 Å². The van der Waals surface area contributed by atoms with Gasteiger partial charge in [-0.1, -0.05) is 85.4 Å². The lowest BCUT2D eigenvalue weighted by Crippen LogP contribution is -2.63. The number of esters is 2.